The van der Waals surface area contributed by atoms with Gasteiger partial charge in [-0.15, -0.1) is 11.3 Å². The SMILES string of the molecule is c1ccc2c(c1)ccc1c(-c3ccc(-c4ccc5sc6c7ccccc7c7ccccc7c6c5c4)c4ccccc34)cccc12. The second-order valence-corrected chi connectivity index (χ2v) is 13.1. The zero-order valence-corrected chi connectivity index (χ0v) is 25.2. The minimum absolute atomic E-state index is 1.26. The topological polar surface area (TPSA) is 0 Å². The molecule has 10 rings (SSSR count). The zero-order chi connectivity index (χ0) is 29.5. The number of fused-ring (bicyclic) bond motifs is 12. The number of hydrogen-bond donors (Lipinski definition) is 0. The molecule has 0 aliphatic carbocycles. The molecule has 0 fully saturated rings. The summed E-state index contributed by atoms with van der Waals surface area (Å²) >= 11 is 1.92. The van der Waals surface area contributed by atoms with E-state index in [9.17, 15) is 0 Å². The van der Waals surface area contributed by atoms with Gasteiger partial charge in [0.1, 0.15) is 0 Å². The fraction of sp³-hybridized carbons (Fsp3) is 0. The van der Waals surface area contributed by atoms with E-state index in [-0.39, 0.29) is 0 Å². The largest absolute Gasteiger partial charge is 0.135 e. The lowest BCUT2D eigenvalue weighted by molar-refractivity contribution is 1.67. The van der Waals surface area contributed by atoms with Gasteiger partial charge in [-0.2, -0.15) is 0 Å². The summed E-state index contributed by atoms with van der Waals surface area (Å²) < 4.78 is 2.71. The Labute approximate surface area is 264 Å². The first kappa shape index (κ1) is 24.9. The summed E-state index contributed by atoms with van der Waals surface area (Å²) in [4.78, 5) is 0. The first-order valence-corrected chi connectivity index (χ1v) is 16.3. The van der Waals surface area contributed by atoms with E-state index >= 15 is 0 Å². The predicted octanol–water partition coefficient (Wildman–Crippen LogP) is 13.2. The van der Waals surface area contributed by atoms with E-state index in [1.54, 1.807) is 0 Å². The van der Waals surface area contributed by atoms with Crippen molar-refractivity contribution in [3.8, 4) is 22.3 Å². The summed E-state index contributed by atoms with van der Waals surface area (Å²) in [5.41, 5.74) is 5.07. The molecular formula is C44H26S. The van der Waals surface area contributed by atoms with Crippen molar-refractivity contribution in [2.75, 3.05) is 0 Å². The summed E-state index contributed by atoms with van der Waals surface area (Å²) in [6, 6.07) is 58.4. The molecule has 0 bridgehead atoms. The molecule has 45 heavy (non-hydrogen) atoms. The Morgan fingerprint density at radius 3 is 1.69 bits per heavy atom. The third-order valence-electron chi connectivity index (χ3n) is 9.66. The summed E-state index contributed by atoms with van der Waals surface area (Å²) in [6.07, 6.45) is 0. The van der Waals surface area contributed by atoms with Crippen LogP contribution in [-0.4, -0.2) is 0 Å². The molecule has 0 amide bonds. The maximum Gasteiger partial charge on any atom is 0.0440 e. The molecule has 1 heteroatoms. The van der Waals surface area contributed by atoms with Gasteiger partial charge in [0.15, 0.2) is 0 Å². The third-order valence-corrected chi connectivity index (χ3v) is 10.9. The maximum atomic E-state index is 2.43. The van der Waals surface area contributed by atoms with Crippen LogP contribution in [0.2, 0.25) is 0 Å². The van der Waals surface area contributed by atoms with Gasteiger partial charge in [0.05, 0.1) is 0 Å². The van der Waals surface area contributed by atoms with Crippen LogP contribution in [0.3, 0.4) is 0 Å². The summed E-state index contributed by atoms with van der Waals surface area (Å²) in [5.74, 6) is 0. The molecule has 0 nitrogen and oxygen atoms in total. The minimum atomic E-state index is 1.26. The predicted molar refractivity (Wildman–Crippen MR) is 198 cm³/mol. The van der Waals surface area contributed by atoms with E-state index in [1.807, 2.05) is 11.3 Å². The lowest BCUT2D eigenvalue weighted by Gasteiger charge is -2.15. The normalized spacial score (nSPS) is 12.0. The van der Waals surface area contributed by atoms with Crippen molar-refractivity contribution < 1.29 is 0 Å². The molecule has 9 aromatic carbocycles. The number of thiophene rings is 1. The van der Waals surface area contributed by atoms with Gasteiger partial charge >= 0.3 is 0 Å². The van der Waals surface area contributed by atoms with Crippen molar-refractivity contribution >= 4 is 85.4 Å². The molecular weight excluding hydrogens is 561 g/mol. The zero-order valence-electron chi connectivity index (χ0n) is 24.4. The van der Waals surface area contributed by atoms with Crippen LogP contribution in [0.25, 0.3) is 96.3 Å². The van der Waals surface area contributed by atoms with Gasteiger partial charge in [-0.3, -0.25) is 0 Å². The van der Waals surface area contributed by atoms with Gasteiger partial charge < -0.3 is 0 Å². The highest BCUT2D eigenvalue weighted by atomic mass is 32.1. The highest BCUT2D eigenvalue weighted by Gasteiger charge is 2.17. The van der Waals surface area contributed by atoms with Gasteiger partial charge in [0, 0.05) is 25.6 Å². The van der Waals surface area contributed by atoms with Crippen LogP contribution in [0.15, 0.2) is 158 Å². The fourth-order valence-electron chi connectivity index (χ4n) is 7.64. The smallest absolute Gasteiger partial charge is 0.0440 e. The Kier molecular flexibility index (Phi) is 5.25. The van der Waals surface area contributed by atoms with Crippen molar-refractivity contribution in [2.45, 2.75) is 0 Å². The Morgan fingerprint density at radius 1 is 0.311 bits per heavy atom. The number of hydrogen-bond acceptors (Lipinski definition) is 1. The van der Waals surface area contributed by atoms with Crippen LogP contribution in [0, 0.1) is 0 Å². The fourth-order valence-corrected chi connectivity index (χ4v) is 8.87. The van der Waals surface area contributed by atoms with E-state index in [1.165, 1.54) is 96.3 Å². The van der Waals surface area contributed by atoms with Crippen LogP contribution in [-0.2, 0) is 0 Å². The average molecular weight is 587 g/mol. The number of rotatable bonds is 2. The molecule has 0 spiro atoms. The van der Waals surface area contributed by atoms with Crippen LogP contribution < -0.4 is 0 Å². The van der Waals surface area contributed by atoms with Gasteiger partial charge in [0.2, 0.25) is 0 Å². The van der Waals surface area contributed by atoms with Crippen molar-refractivity contribution in [3.63, 3.8) is 0 Å². The van der Waals surface area contributed by atoms with Crippen molar-refractivity contribution in [1.29, 1.82) is 0 Å². The van der Waals surface area contributed by atoms with E-state index in [2.05, 4.69) is 158 Å². The molecule has 0 N–H and O–H groups in total. The first-order valence-electron chi connectivity index (χ1n) is 15.5. The molecule has 0 unspecified atom stereocenters. The summed E-state index contributed by atoms with van der Waals surface area (Å²) in [6.45, 7) is 0. The molecule has 0 aliphatic heterocycles. The lowest BCUT2D eigenvalue weighted by Crippen LogP contribution is -1.88. The average Bonchev–Trinajstić information content (AvgIpc) is 3.50. The Bertz CT molecular complexity index is 2820. The van der Waals surface area contributed by atoms with Crippen LogP contribution >= 0.6 is 11.3 Å². The number of benzene rings is 9. The molecule has 1 aromatic heterocycles. The van der Waals surface area contributed by atoms with E-state index in [0.717, 1.165) is 0 Å². The third kappa shape index (κ3) is 3.59. The Balaban J connectivity index is 1.22. The summed E-state index contributed by atoms with van der Waals surface area (Å²) in [5, 5.41) is 15.8. The van der Waals surface area contributed by atoms with Crippen LogP contribution in [0.1, 0.15) is 0 Å². The van der Waals surface area contributed by atoms with Gasteiger partial charge in [-0.25, -0.2) is 0 Å². The molecule has 208 valence electrons. The van der Waals surface area contributed by atoms with Crippen molar-refractivity contribution in [2.24, 2.45) is 0 Å². The van der Waals surface area contributed by atoms with E-state index in [4.69, 9.17) is 0 Å². The highest BCUT2D eigenvalue weighted by Crippen LogP contribution is 2.46. The lowest BCUT2D eigenvalue weighted by atomic mass is 9.89. The standard InChI is InChI=1S/C44H26S/c1-2-11-29-27(10-1)20-22-37-32(29)18-9-19-34(37)38-24-23-30(31-12-3-4-13-33(31)38)28-21-25-42-41(26-28)43-39-16-7-5-14-35(39)36-15-6-8-17-40(36)44(43)45-42/h1-26H. The first-order chi connectivity index (χ1) is 22.3. The van der Waals surface area contributed by atoms with E-state index < -0.39 is 0 Å². The molecule has 0 saturated carbocycles. The van der Waals surface area contributed by atoms with Gasteiger partial charge in [0.25, 0.3) is 0 Å². The Morgan fingerprint density at radius 2 is 0.867 bits per heavy atom. The second-order valence-electron chi connectivity index (χ2n) is 12.0. The quantitative estimate of drug-likeness (QED) is 0.177. The summed E-state index contributed by atoms with van der Waals surface area (Å²) in [7, 11) is 0. The molecule has 0 atom stereocenters. The maximum absolute atomic E-state index is 2.43. The molecule has 1 heterocycles. The van der Waals surface area contributed by atoms with Crippen molar-refractivity contribution in [1.82, 2.24) is 0 Å². The molecule has 0 radical (unpaired) electrons. The minimum Gasteiger partial charge on any atom is -0.135 e. The highest BCUT2D eigenvalue weighted by molar-refractivity contribution is 7.27. The molecule has 0 aliphatic rings. The van der Waals surface area contributed by atoms with Gasteiger partial charge in [-0.05, 0) is 82.9 Å². The van der Waals surface area contributed by atoms with Crippen LogP contribution in [0.5, 0.6) is 0 Å². The van der Waals surface area contributed by atoms with Gasteiger partial charge in [-0.1, -0.05) is 146 Å². The Hall–Kier alpha value is -5.50. The van der Waals surface area contributed by atoms with Crippen molar-refractivity contribution in [3.05, 3.63) is 158 Å². The van der Waals surface area contributed by atoms with Crippen LogP contribution in [0.4, 0.5) is 0 Å². The molecule has 10 aromatic rings. The second kappa shape index (κ2) is 9.50. The monoisotopic (exact) mass is 586 g/mol. The molecule has 0 saturated heterocycles. The van der Waals surface area contributed by atoms with E-state index in [0.29, 0.717) is 0 Å².